The van der Waals surface area contributed by atoms with Gasteiger partial charge >= 0.3 is 0 Å². The van der Waals surface area contributed by atoms with Crippen LogP contribution in [0.3, 0.4) is 0 Å². The lowest BCUT2D eigenvalue weighted by Crippen LogP contribution is -2.34. The minimum atomic E-state index is -0.125. The fourth-order valence-corrected chi connectivity index (χ4v) is 4.16. The van der Waals surface area contributed by atoms with Crippen LogP contribution in [-0.2, 0) is 19.1 Å². The van der Waals surface area contributed by atoms with Gasteiger partial charge in [0.2, 0.25) is 11.8 Å². The number of methoxy groups -OCH3 is 1. The first-order chi connectivity index (χ1) is 10.6. The molecule has 5 nitrogen and oxygen atoms in total. The normalized spacial score (nSPS) is 32.1. The van der Waals surface area contributed by atoms with Crippen LogP contribution in [0.25, 0.3) is 0 Å². The second-order valence-corrected chi connectivity index (χ2v) is 6.57. The fourth-order valence-electron chi connectivity index (χ4n) is 4.16. The van der Waals surface area contributed by atoms with E-state index in [1.807, 2.05) is 0 Å². The number of hydrogen-bond donors (Lipinski definition) is 0. The van der Waals surface area contributed by atoms with E-state index in [-0.39, 0.29) is 41.3 Å². The van der Waals surface area contributed by atoms with Crippen molar-refractivity contribution < 1.29 is 19.1 Å². The monoisotopic (exact) mass is 305 g/mol. The first-order valence-electron chi connectivity index (χ1n) is 8.17. The molecule has 3 rings (SSSR count). The maximum atomic E-state index is 12.4. The molecule has 3 aliphatic rings. The quantitative estimate of drug-likeness (QED) is 0.388. The number of ether oxygens (including phenoxy) is 1. The van der Waals surface area contributed by atoms with Crippen molar-refractivity contribution in [2.45, 2.75) is 32.1 Å². The van der Waals surface area contributed by atoms with E-state index in [0.29, 0.717) is 32.4 Å². The average Bonchev–Trinajstić information content (AvgIpc) is 3.16. The molecule has 1 heterocycles. The Morgan fingerprint density at radius 3 is 2.32 bits per heavy atom. The highest BCUT2D eigenvalue weighted by atomic mass is 16.5. The molecule has 1 saturated carbocycles. The second kappa shape index (κ2) is 6.32. The Labute approximate surface area is 130 Å². The zero-order valence-electron chi connectivity index (χ0n) is 13.0. The highest BCUT2D eigenvalue weighted by Crippen LogP contribution is 2.52. The van der Waals surface area contributed by atoms with Crippen LogP contribution >= 0.6 is 0 Å². The first-order valence-corrected chi connectivity index (χ1v) is 8.17. The lowest BCUT2D eigenvalue weighted by molar-refractivity contribution is -0.141. The van der Waals surface area contributed by atoms with Crippen LogP contribution in [0.4, 0.5) is 0 Å². The molecule has 5 heteroatoms. The van der Waals surface area contributed by atoms with Crippen molar-refractivity contribution in [1.29, 1.82) is 0 Å². The van der Waals surface area contributed by atoms with Gasteiger partial charge in [0.15, 0.2) is 0 Å². The summed E-state index contributed by atoms with van der Waals surface area (Å²) in [5.41, 5.74) is 0. The zero-order valence-corrected chi connectivity index (χ0v) is 13.0. The highest BCUT2D eigenvalue weighted by molar-refractivity contribution is 6.06. The van der Waals surface area contributed by atoms with Crippen molar-refractivity contribution in [3.05, 3.63) is 12.2 Å². The Hall–Kier alpha value is -1.49. The largest absolute Gasteiger partial charge is 0.385 e. The minimum Gasteiger partial charge on any atom is -0.385 e. The Balaban J connectivity index is 1.47. The molecule has 22 heavy (non-hydrogen) atoms. The van der Waals surface area contributed by atoms with Crippen LogP contribution in [0.2, 0.25) is 0 Å². The maximum Gasteiger partial charge on any atom is 0.233 e. The van der Waals surface area contributed by atoms with E-state index in [9.17, 15) is 14.4 Å². The Morgan fingerprint density at radius 1 is 1.14 bits per heavy atom. The number of allylic oxidation sites excluding steroid dienone is 2. The molecule has 0 aromatic carbocycles. The van der Waals surface area contributed by atoms with E-state index in [0.717, 1.165) is 12.8 Å². The van der Waals surface area contributed by atoms with Crippen LogP contribution < -0.4 is 0 Å². The molecule has 120 valence electrons. The lowest BCUT2D eigenvalue weighted by atomic mass is 9.85. The van der Waals surface area contributed by atoms with Crippen LogP contribution in [-0.4, -0.2) is 42.8 Å². The highest BCUT2D eigenvalue weighted by Gasteiger charge is 2.58. The van der Waals surface area contributed by atoms with Crippen molar-refractivity contribution >= 4 is 17.6 Å². The maximum absolute atomic E-state index is 12.4. The number of fused-ring (bicyclic) bond motifs is 5. The number of rotatable bonds is 8. The summed E-state index contributed by atoms with van der Waals surface area (Å²) in [4.78, 5) is 38.0. The molecule has 0 aromatic rings. The smallest absolute Gasteiger partial charge is 0.233 e. The summed E-state index contributed by atoms with van der Waals surface area (Å²) in [5.74, 6) is 0.412. The number of nitrogens with zero attached hydrogens (tertiary/aromatic N) is 1. The number of carbonyl (C=O) groups is 3. The van der Waals surface area contributed by atoms with Gasteiger partial charge < -0.3 is 4.74 Å². The van der Waals surface area contributed by atoms with E-state index < -0.39 is 0 Å². The SMILES string of the molecule is COCCCC(=O)CCCN1C(=O)[C@@H]2C3C=CC(C3)[C@@H]2C1=O. The van der Waals surface area contributed by atoms with E-state index in [1.54, 1.807) is 7.11 Å². The van der Waals surface area contributed by atoms with Crippen LogP contribution in [0.15, 0.2) is 12.2 Å². The van der Waals surface area contributed by atoms with Gasteiger partial charge in [-0.15, -0.1) is 0 Å². The van der Waals surface area contributed by atoms with Gasteiger partial charge in [0.05, 0.1) is 11.8 Å². The van der Waals surface area contributed by atoms with Gasteiger partial charge in [0.1, 0.15) is 5.78 Å². The van der Waals surface area contributed by atoms with Crippen molar-refractivity contribution in [3.63, 3.8) is 0 Å². The summed E-state index contributed by atoms with van der Waals surface area (Å²) >= 11 is 0. The molecule has 0 aromatic heterocycles. The topological polar surface area (TPSA) is 63.7 Å². The predicted molar refractivity (Wildman–Crippen MR) is 79.8 cm³/mol. The van der Waals surface area contributed by atoms with Crippen LogP contribution in [0.5, 0.6) is 0 Å². The predicted octanol–water partition coefficient (Wildman–Crippen LogP) is 1.57. The molecule has 1 aliphatic heterocycles. The molecule has 2 amide bonds. The molecule has 2 aliphatic carbocycles. The summed E-state index contributed by atoms with van der Waals surface area (Å²) < 4.78 is 4.92. The van der Waals surface area contributed by atoms with Crippen molar-refractivity contribution in [2.75, 3.05) is 20.3 Å². The number of ketones is 1. The molecule has 0 radical (unpaired) electrons. The summed E-state index contributed by atoms with van der Waals surface area (Å²) in [6.07, 6.45) is 7.40. The number of hydrogen-bond acceptors (Lipinski definition) is 4. The minimum absolute atomic E-state index is 0.0151. The number of Topliss-reactive ketones (excluding diaryl/α,β-unsaturated/α-hetero) is 1. The second-order valence-electron chi connectivity index (χ2n) is 6.57. The molecule has 0 N–H and O–H groups in total. The third-order valence-electron chi connectivity index (χ3n) is 5.20. The summed E-state index contributed by atoms with van der Waals surface area (Å²) in [7, 11) is 1.62. The van der Waals surface area contributed by atoms with Gasteiger partial charge in [-0.3, -0.25) is 19.3 Å². The Kier molecular flexibility index (Phi) is 4.43. The van der Waals surface area contributed by atoms with Gasteiger partial charge in [0, 0.05) is 33.1 Å². The van der Waals surface area contributed by atoms with Gasteiger partial charge in [0.25, 0.3) is 0 Å². The Morgan fingerprint density at radius 2 is 1.73 bits per heavy atom. The Bertz CT molecular complexity index is 483. The summed E-state index contributed by atoms with van der Waals surface area (Å²) in [5, 5.41) is 0. The summed E-state index contributed by atoms with van der Waals surface area (Å²) in [6, 6.07) is 0. The summed E-state index contributed by atoms with van der Waals surface area (Å²) in [6.45, 7) is 0.980. The van der Waals surface area contributed by atoms with Crippen molar-refractivity contribution in [2.24, 2.45) is 23.7 Å². The van der Waals surface area contributed by atoms with E-state index >= 15 is 0 Å². The molecule has 2 fully saturated rings. The molecule has 2 unspecified atom stereocenters. The van der Waals surface area contributed by atoms with Crippen molar-refractivity contribution in [1.82, 2.24) is 4.90 Å². The third kappa shape index (κ3) is 2.62. The average molecular weight is 305 g/mol. The number of likely N-dealkylation sites (tertiary alicyclic amines) is 1. The zero-order chi connectivity index (χ0) is 15.7. The van der Waals surface area contributed by atoms with Crippen LogP contribution in [0.1, 0.15) is 32.1 Å². The molecular formula is C17H23NO4. The van der Waals surface area contributed by atoms with E-state index in [1.165, 1.54) is 4.90 Å². The molecule has 4 atom stereocenters. The van der Waals surface area contributed by atoms with Gasteiger partial charge in [-0.1, -0.05) is 12.2 Å². The van der Waals surface area contributed by atoms with Crippen LogP contribution in [0, 0.1) is 23.7 Å². The first kappa shape index (κ1) is 15.4. The lowest BCUT2D eigenvalue weighted by Gasteiger charge is -2.16. The third-order valence-corrected chi connectivity index (χ3v) is 5.20. The fraction of sp³-hybridized carbons (Fsp3) is 0.706. The number of imide groups is 1. The van der Waals surface area contributed by atoms with Gasteiger partial charge in [-0.05, 0) is 31.1 Å². The van der Waals surface area contributed by atoms with Gasteiger partial charge in [-0.2, -0.15) is 0 Å². The molecule has 2 bridgehead atoms. The molecule has 0 spiro atoms. The van der Waals surface area contributed by atoms with E-state index in [2.05, 4.69) is 12.2 Å². The number of amides is 2. The van der Waals surface area contributed by atoms with Crippen molar-refractivity contribution in [3.8, 4) is 0 Å². The molecule has 1 saturated heterocycles. The standard InChI is InChI=1S/C17H23NO4/c1-22-9-3-5-13(19)4-2-8-18-16(20)14-11-6-7-12(10-11)15(14)17(18)21/h6-7,11-12,14-15H,2-5,8-10H2,1H3/t11?,12?,14-,15+. The van der Waals surface area contributed by atoms with E-state index in [4.69, 9.17) is 4.74 Å². The molecular weight excluding hydrogens is 282 g/mol. The van der Waals surface area contributed by atoms with Gasteiger partial charge in [-0.25, -0.2) is 0 Å². The number of carbonyl (C=O) groups excluding carboxylic acids is 3.